The lowest BCUT2D eigenvalue weighted by molar-refractivity contribution is 0.318. The van der Waals surface area contributed by atoms with Crippen LogP contribution < -0.4 is 5.73 Å². The zero-order chi connectivity index (χ0) is 15.1. The quantitative estimate of drug-likeness (QED) is 0.912. The third-order valence-corrected chi connectivity index (χ3v) is 4.94. The lowest BCUT2D eigenvalue weighted by Crippen LogP contribution is -2.34. The summed E-state index contributed by atoms with van der Waals surface area (Å²) in [5.74, 6) is 1.27. The van der Waals surface area contributed by atoms with E-state index in [-0.39, 0.29) is 5.41 Å². The molecule has 0 saturated heterocycles. The van der Waals surface area contributed by atoms with E-state index in [1.807, 2.05) is 12.1 Å². The first-order valence-corrected chi connectivity index (χ1v) is 8.11. The van der Waals surface area contributed by atoms with Crippen LogP contribution in [-0.4, -0.2) is 10.1 Å². The van der Waals surface area contributed by atoms with Gasteiger partial charge in [-0.05, 0) is 44.4 Å². The molecule has 0 unspecified atom stereocenters. The van der Waals surface area contributed by atoms with E-state index < -0.39 is 5.54 Å². The standard InChI is InChI=1S/C16H20BrN3O/c1-15(2,11-6-5-7-12(17)10-11)14-19-13(20-21-14)16(18)8-3-4-9-16/h5-7,10H,3-4,8-9,18H2,1-2H3. The van der Waals surface area contributed by atoms with Crippen LogP contribution in [0.15, 0.2) is 33.3 Å². The highest BCUT2D eigenvalue weighted by atomic mass is 79.9. The molecule has 5 heteroatoms. The molecule has 3 rings (SSSR count). The number of nitrogens with zero attached hydrogens (tertiary/aromatic N) is 2. The number of benzene rings is 1. The molecule has 0 aliphatic heterocycles. The Morgan fingerprint density at radius 1 is 1.29 bits per heavy atom. The van der Waals surface area contributed by atoms with Crippen molar-refractivity contribution in [1.29, 1.82) is 0 Å². The highest BCUT2D eigenvalue weighted by Crippen LogP contribution is 2.37. The number of nitrogens with two attached hydrogens (primary N) is 1. The Hall–Kier alpha value is -1.20. The average molecular weight is 350 g/mol. The summed E-state index contributed by atoms with van der Waals surface area (Å²) < 4.78 is 6.59. The Balaban J connectivity index is 1.95. The van der Waals surface area contributed by atoms with Gasteiger partial charge in [0.2, 0.25) is 5.89 Å². The van der Waals surface area contributed by atoms with Gasteiger partial charge in [0, 0.05) is 4.47 Å². The minimum Gasteiger partial charge on any atom is -0.338 e. The van der Waals surface area contributed by atoms with Crippen molar-refractivity contribution in [3.8, 4) is 0 Å². The van der Waals surface area contributed by atoms with Gasteiger partial charge < -0.3 is 10.3 Å². The van der Waals surface area contributed by atoms with Crippen molar-refractivity contribution < 1.29 is 4.52 Å². The number of hydrogen-bond donors (Lipinski definition) is 1. The largest absolute Gasteiger partial charge is 0.338 e. The van der Waals surface area contributed by atoms with Gasteiger partial charge in [-0.15, -0.1) is 0 Å². The van der Waals surface area contributed by atoms with E-state index in [4.69, 9.17) is 10.3 Å². The van der Waals surface area contributed by atoms with Crippen molar-refractivity contribution in [3.05, 3.63) is 46.0 Å². The van der Waals surface area contributed by atoms with Crippen molar-refractivity contribution in [1.82, 2.24) is 10.1 Å². The van der Waals surface area contributed by atoms with E-state index in [1.54, 1.807) is 0 Å². The Morgan fingerprint density at radius 2 is 2.00 bits per heavy atom. The van der Waals surface area contributed by atoms with Gasteiger partial charge in [0.15, 0.2) is 5.82 Å². The van der Waals surface area contributed by atoms with Crippen LogP contribution in [0.2, 0.25) is 0 Å². The van der Waals surface area contributed by atoms with Crippen molar-refractivity contribution >= 4 is 15.9 Å². The number of aromatic nitrogens is 2. The highest BCUT2D eigenvalue weighted by molar-refractivity contribution is 9.10. The van der Waals surface area contributed by atoms with Crippen molar-refractivity contribution in [2.75, 3.05) is 0 Å². The molecule has 1 aliphatic carbocycles. The monoisotopic (exact) mass is 349 g/mol. The van der Waals surface area contributed by atoms with Crippen LogP contribution >= 0.6 is 15.9 Å². The Bertz CT molecular complexity index is 644. The summed E-state index contributed by atoms with van der Waals surface area (Å²) in [6, 6.07) is 8.17. The van der Waals surface area contributed by atoms with Gasteiger partial charge in [0.1, 0.15) is 0 Å². The predicted octanol–water partition coefficient (Wildman–Crippen LogP) is 3.89. The third kappa shape index (κ3) is 2.64. The van der Waals surface area contributed by atoms with Crippen LogP contribution in [-0.2, 0) is 11.0 Å². The molecule has 1 aliphatic rings. The van der Waals surface area contributed by atoms with Crippen molar-refractivity contribution in [2.24, 2.45) is 5.73 Å². The van der Waals surface area contributed by atoms with Crippen LogP contribution in [0.5, 0.6) is 0 Å². The minimum absolute atomic E-state index is 0.343. The fraction of sp³-hybridized carbons (Fsp3) is 0.500. The second kappa shape index (κ2) is 5.21. The molecule has 4 nitrogen and oxygen atoms in total. The normalized spacial score (nSPS) is 18.1. The summed E-state index contributed by atoms with van der Waals surface area (Å²) >= 11 is 3.51. The van der Waals surface area contributed by atoms with Gasteiger partial charge in [-0.2, -0.15) is 4.98 Å². The maximum atomic E-state index is 6.41. The maximum absolute atomic E-state index is 6.41. The predicted molar refractivity (Wildman–Crippen MR) is 84.9 cm³/mol. The molecule has 1 aromatic carbocycles. The second-order valence-corrected chi connectivity index (χ2v) is 7.34. The summed E-state index contributed by atoms with van der Waals surface area (Å²) in [5, 5.41) is 4.16. The molecule has 2 aromatic rings. The van der Waals surface area contributed by atoms with Gasteiger partial charge >= 0.3 is 0 Å². The highest BCUT2D eigenvalue weighted by Gasteiger charge is 2.38. The smallest absolute Gasteiger partial charge is 0.236 e. The minimum atomic E-state index is -0.408. The molecule has 1 fully saturated rings. The first-order chi connectivity index (χ1) is 9.92. The van der Waals surface area contributed by atoms with Gasteiger partial charge in [-0.25, -0.2) is 0 Å². The van der Waals surface area contributed by atoms with Crippen molar-refractivity contribution in [3.63, 3.8) is 0 Å². The average Bonchev–Trinajstić information content (AvgIpc) is 3.08. The molecule has 0 atom stereocenters. The summed E-state index contributed by atoms with van der Waals surface area (Å²) in [7, 11) is 0. The summed E-state index contributed by atoms with van der Waals surface area (Å²) in [6.45, 7) is 4.17. The van der Waals surface area contributed by atoms with Crippen LogP contribution in [0.25, 0.3) is 0 Å². The first-order valence-electron chi connectivity index (χ1n) is 7.31. The topological polar surface area (TPSA) is 64.9 Å². The molecule has 112 valence electrons. The molecule has 0 bridgehead atoms. The number of hydrogen-bond acceptors (Lipinski definition) is 4. The van der Waals surface area contributed by atoms with E-state index in [2.05, 4.69) is 52.1 Å². The lowest BCUT2D eigenvalue weighted by atomic mass is 9.84. The fourth-order valence-electron chi connectivity index (χ4n) is 2.91. The SMILES string of the molecule is CC(C)(c1cccc(Br)c1)c1nc(C2(N)CCCC2)no1. The molecule has 0 amide bonds. The zero-order valence-corrected chi connectivity index (χ0v) is 14.0. The molecule has 1 saturated carbocycles. The molecular weight excluding hydrogens is 330 g/mol. The molecule has 1 aromatic heterocycles. The molecule has 0 radical (unpaired) electrons. The van der Waals surface area contributed by atoms with E-state index in [0.717, 1.165) is 35.7 Å². The Morgan fingerprint density at radius 3 is 2.67 bits per heavy atom. The first kappa shape index (κ1) is 14.7. The van der Waals surface area contributed by atoms with Gasteiger partial charge in [0.25, 0.3) is 0 Å². The summed E-state index contributed by atoms with van der Waals surface area (Å²) in [6.07, 6.45) is 4.14. The molecule has 2 N–H and O–H groups in total. The Labute approximate surface area is 133 Å². The molecular formula is C16H20BrN3O. The molecule has 21 heavy (non-hydrogen) atoms. The van der Waals surface area contributed by atoms with Crippen LogP contribution in [0.3, 0.4) is 0 Å². The summed E-state index contributed by atoms with van der Waals surface area (Å²) in [5.41, 5.74) is 6.79. The van der Waals surface area contributed by atoms with E-state index in [9.17, 15) is 0 Å². The van der Waals surface area contributed by atoms with Crippen molar-refractivity contribution in [2.45, 2.75) is 50.5 Å². The lowest BCUT2D eigenvalue weighted by Gasteiger charge is -2.21. The summed E-state index contributed by atoms with van der Waals surface area (Å²) in [4.78, 5) is 4.62. The fourth-order valence-corrected chi connectivity index (χ4v) is 3.31. The molecule has 1 heterocycles. The van der Waals surface area contributed by atoms with Gasteiger partial charge in [-0.3, -0.25) is 0 Å². The van der Waals surface area contributed by atoms with E-state index in [0.29, 0.717) is 11.7 Å². The molecule has 0 spiro atoms. The Kier molecular flexibility index (Phi) is 3.66. The maximum Gasteiger partial charge on any atom is 0.236 e. The zero-order valence-electron chi connectivity index (χ0n) is 12.4. The second-order valence-electron chi connectivity index (χ2n) is 6.42. The van der Waals surface area contributed by atoms with Crippen LogP contribution in [0.4, 0.5) is 0 Å². The number of rotatable bonds is 3. The third-order valence-electron chi connectivity index (χ3n) is 4.45. The van der Waals surface area contributed by atoms with Gasteiger partial charge in [0.05, 0.1) is 11.0 Å². The van der Waals surface area contributed by atoms with Crippen LogP contribution in [0, 0.1) is 0 Å². The van der Waals surface area contributed by atoms with Crippen LogP contribution in [0.1, 0.15) is 56.8 Å². The van der Waals surface area contributed by atoms with Gasteiger partial charge in [-0.1, -0.05) is 46.1 Å². The van der Waals surface area contributed by atoms with E-state index in [1.165, 1.54) is 0 Å². The van der Waals surface area contributed by atoms with E-state index >= 15 is 0 Å². The number of halogens is 1.